The number of rotatable bonds is 12. The van der Waals surface area contributed by atoms with E-state index in [4.69, 9.17) is 10.2 Å². The van der Waals surface area contributed by atoms with Crippen LogP contribution in [0.5, 0.6) is 0 Å². The van der Waals surface area contributed by atoms with Gasteiger partial charge in [-0.3, -0.25) is 27.8 Å². The molecular weight excluding hydrogens is 859 g/mol. The van der Waals surface area contributed by atoms with E-state index >= 15 is 9.59 Å². The molecule has 0 N–H and O–H groups in total. The van der Waals surface area contributed by atoms with Gasteiger partial charge in [0.2, 0.25) is 0 Å². The van der Waals surface area contributed by atoms with Crippen molar-refractivity contribution in [2.45, 2.75) is 199 Å². The molecular formula is C52H88N6O2P2Si2. The van der Waals surface area contributed by atoms with E-state index in [2.05, 4.69) is 245 Å². The van der Waals surface area contributed by atoms with E-state index in [-0.39, 0.29) is 44.8 Å². The van der Waals surface area contributed by atoms with Gasteiger partial charge in [-0.2, -0.15) is 10.2 Å². The minimum atomic E-state index is -3.32. The molecule has 0 aromatic heterocycles. The van der Waals surface area contributed by atoms with Gasteiger partial charge in [0.05, 0.1) is 0 Å². The van der Waals surface area contributed by atoms with E-state index < -0.39 is 52.5 Å². The van der Waals surface area contributed by atoms with Crippen LogP contribution in [0.1, 0.15) is 166 Å². The van der Waals surface area contributed by atoms with Gasteiger partial charge in [-0.25, -0.2) is 0 Å². The highest BCUT2D eigenvalue weighted by molar-refractivity contribution is 8.23. The maximum atomic E-state index is 16.5. The first-order valence-electron chi connectivity index (χ1n) is 24.3. The molecule has 1 saturated heterocycles. The number of carbonyl (C=O) groups is 2. The summed E-state index contributed by atoms with van der Waals surface area (Å²) in [6.07, 6.45) is 0. The largest absolute Gasteiger partial charge is 0.292 e. The van der Waals surface area contributed by atoms with Crippen LogP contribution in [0.4, 0.5) is 11.4 Å². The molecule has 0 radical (unpaired) electrons. The zero-order valence-electron chi connectivity index (χ0n) is 44.6. The standard InChI is InChI=1S/C52H88N6O2P2Si2/c1-35(2)63(36(3)4,37(5)6)55-45(43(59)49(13,14)15)61(47(53-55)51(19,20)21)57(41-31-27-25-28-32-41)62(58(61)42-33-29-26-30-34-42)46(44(60)50(16,17)18)56(54-48(62)52(22,23)24)64(38(7)8,39(9)10)40(11)12/h25-40H,1-24H3. The highest BCUT2D eigenvalue weighted by Gasteiger charge is 2.75. The molecule has 64 heavy (non-hydrogen) atoms. The number of carbonyl (C=O) groups excluding carboxylic acids is 2. The highest BCUT2D eigenvalue weighted by Crippen LogP contribution is 2.94. The monoisotopic (exact) mass is 947 g/mol. The Labute approximate surface area is 393 Å². The smallest absolute Gasteiger partial charge is 0.193 e. The first-order valence-corrected chi connectivity index (χ1v) is 32.0. The van der Waals surface area contributed by atoms with Crippen molar-refractivity contribution in [3.05, 3.63) is 60.7 Å². The summed E-state index contributed by atoms with van der Waals surface area (Å²) < 4.78 is 10.4. The predicted molar refractivity (Wildman–Crippen MR) is 290 cm³/mol. The first-order chi connectivity index (χ1) is 29.1. The topological polar surface area (TPSA) is 71.8 Å². The number of anilines is 2. The third-order valence-electron chi connectivity index (χ3n) is 14.4. The van der Waals surface area contributed by atoms with Crippen molar-refractivity contribution in [3.63, 3.8) is 0 Å². The van der Waals surface area contributed by atoms with Crippen LogP contribution in [0.2, 0.25) is 33.2 Å². The fraction of sp³-hybridized carbons (Fsp3) is 0.654. The normalized spacial score (nSPS) is 21.6. The van der Waals surface area contributed by atoms with Gasteiger partial charge in [0.25, 0.3) is 0 Å². The Morgan fingerprint density at radius 3 is 0.859 bits per heavy atom. The second kappa shape index (κ2) is 17.1. The summed E-state index contributed by atoms with van der Waals surface area (Å²) >= 11 is 0. The average molecular weight is 947 g/mol. The summed E-state index contributed by atoms with van der Waals surface area (Å²) in [4.78, 5) is 33.0. The number of hydrogen-bond acceptors (Lipinski definition) is 8. The van der Waals surface area contributed by atoms with Gasteiger partial charge in [-0.1, -0.05) is 203 Å². The Kier molecular flexibility index (Phi) is 14.0. The van der Waals surface area contributed by atoms with Crippen LogP contribution in [0, 0.1) is 21.7 Å². The summed E-state index contributed by atoms with van der Waals surface area (Å²) in [5, 5.41) is 12.3. The molecule has 12 heteroatoms. The molecule has 2 aromatic rings. The Morgan fingerprint density at radius 2 is 0.672 bits per heavy atom. The fourth-order valence-electron chi connectivity index (χ4n) is 12.3. The van der Waals surface area contributed by atoms with E-state index in [9.17, 15) is 0 Å². The molecule has 8 nitrogen and oxygen atoms in total. The summed E-state index contributed by atoms with van der Waals surface area (Å²) in [5.74, 6) is 0.262. The lowest BCUT2D eigenvalue weighted by Crippen LogP contribution is -2.64. The van der Waals surface area contributed by atoms with Crippen LogP contribution in [0.3, 0.4) is 0 Å². The van der Waals surface area contributed by atoms with E-state index in [1.807, 2.05) is 0 Å². The molecule has 1 fully saturated rings. The lowest BCUT2D eigenvalue weighted by Gasteiger charge is -2.68. The minimum Gasteiger partial charge on any atom is -0.292 e. The molecule has 3 aliphatic heterocycles. The van der Waals surface area contributed by atoms with Gasteiger partial charge in [0.15, 0.2) is 28.0 Å². The fourth-order valence-corrected chi connectivity index (χ4v) is 40.4. The Morgan fingerprint density at radius 1 is 0.438 bits per heavy atom. The van der Waals surface area contributed by atoms with E-state index in [0.29, 0.717) is 0 Å². The van der Waals surface area contributed by atoms with Crippen LogP contribution in [-0.2, 0) is 9.59 Å². The Balaban J connectivity index is 2.38. The van der Waals surface area contributed by atoms with Crippen LogP contribution < -0.4 is 8.88 Å². The van der Waals surface area contributed by atoms with Crippen molar-refractivity contribution >= 4 is 75.5 Å². The zero-order chi connectivity index (χ0) is 48.9. The number of Topliss-reactive ketones (excluding diaryl/α,β-unsaturated/α-hetero) is 2. The Hall–Kier alpha value is -2.65. The van der Waals surface area contributed by atoms with E-state index in [1.54, 1.807) is 0 Å². The Bertz CT molecular complexity index is 2060. The van der Waals surface area contributed by atoms with E-state index in [0.717, 1.165) is 33.1 Å². The average Bonchev–Trinajstić information content (AvgIpc) is 3.68. The molecule has 0 amide bonds. The number of benzene rings is 2. The highest BCUT2D eigenvalue weighted by atomic mass is 31.3. The third-order valence-corrected chi connectivity index (χ3v) is 38.9. The van der Waals surface area contributed by atoms with Gasteiger partial charge in [-0.05, 0) is 57.5 Å². The van der Waals surface area contributed by atoms with Crippen molar-refractivity contribution in [2.75, 3.05) is 8.88 Å². The van der Waals surface area contributed by atoms with Crippen molar-refractivity contribution < 1.29 is 9.59 Å². The number of ketones is 2. The molecule has 0 aliphatic carbocycles. The van der Waals surface area contributed by atoms with Crippen LogP contribution >= 0.6 is 14.4 Å². The number of hydrazone groups is 2. The second-order valence-electron chi connectivity index (χ2n) is 24.9. The maximum Gasteiger partial charge on any atom is 0.193 e. The summed E-state index contributed by atoms with van der Waals surface area (Å²) in [7, 11) is -12.1. The van der Waals surface area contributed by atoms with Crippen LogP contribution in [-0.4, -0.2) is 59.1 Å². The molecule has 3 heterocycles. The second-order valence-corrected chi connectivity index (χ2v) is 42.6. The lowest BCUT2D eigenvalue weighted by atomic mass is 9.91. The van der Waals surface area contributed by atoms with Crippen molar-refractivity contribution in [1.29, 1.82) is 0 Å². The lowest BCUT2D eigenvalue weighted by molar-refractivity contribution is -0.120. The zero-order valence-corrected chi connectivity index (χ0v) is 48.4. The number of para-hydroxylation sites is 2. The summed E-state index contributed by atoms with van der Waals surface area (Å²) in [5.41, 5.74) is 4.95. The van der Waals surface area contributed by atoms with Gasteiger partial charge in [0, 0.05) is 33.0 Å². The maximum absolute atomic E-state index is 16.5. The van der Waals surface area contributed by atoms with Crippen LogP contribution in [0.15, 0.2) is 70.9 Å². The number of hydrogen-bond donors (Lipinski definition) is 0. The first kappa shape index (κ1) is 52.3. The van der Waals surface area contributed by atoms with Crippen molar-refractivity contribution in [2.24, 2.45) is 31.9 Å². The van der Waals surface area contributed by atoms with Crippen molar-refractivity contribution in [3.8, 4) is 0 Å². The molecule has 3 aliphatic rings. The molecule has 356 valence electrons. The van der Waals surface area contributed by atoms with Gasteiger partial charge < -0.3 is 0 Å². The predicted octanol–water partition coefficient (Wildman–Crippen LogP) is 15.9. The van der Waals surface area contributed by atoms with Gasteiger partial charge in [-0.15, -0.1) is 0 Å². The third kappa shape index (κ3) is 7.39. The van der Waals surface area contributed by atoms with Gasteiger partial charge >= 0.3 is 0 Å². The summed E-state index contributed by atoms with van der Waals surface area (Å²) in [6.45, 7) is 54.9. The molecule has 2 spiro atoms. The number of nitrogens with zero attached hydrogens (tertiary/aromatic N) is 6. The quantitative estimate of drug-likeness (QED) is 0.156. The molecule has 0 atom stereocenters. The molecule has 0 bridgehead atoms. The molecule has 5 rings (SSSR count). The van der Waals surface area contributed by atoms with E-state index in [1.165, 1.54) is 0 Å². The SMILES string of the molecule is CC(C)[Si](C(C)C)(C(C)C)N1N=C(C(C)(C)C)P2(=C1C(=O)C(C)(C)C)N(c1ccccc1)P1(=C(C(=O)C(C)(C)C)N([Si](C(C)C)(C(C)C)C(C)C)N=C1C(C)(C)C)N2c1ccccc1. The minimum absolute atomic E-state index is 0.131. The van der Waals surface area contributed by atoms with Gasteiger partial charge in [0.1, 0.15) is 36.1 Å². The molecule has 2 aromatic carbocycles. The van der Waals surface area contributed by atoms with Crippen LogP contribution in [0.25, 0.3) is 0 Å². The summed E-state index contributed by atoms with van der Waals surface area (Å²) in [6, 6.07) is 21.7. The molecule has 0 unspecified atom stereocenters. The van der Waals surface area contributed by atoms with Crippen molar-refractivity contribution in [1.82, 2.24) is 9.35 Å². The molecule has 0 saturated carbocycles.